The van der Waals surface area contributed by atoms with Crippen molar-refractivity contribution in [3.05, 3.63) is 167 Å². The number of benzene rings is 4. The van der Waals surface area contributed by atoms with E-state index in [1.165, 1.54) is 61.2 Å². The van der Waals surface area contributed by atoms with Gasteiger partial charge in [-0.15, -0.1) is 0 Å². The SMILES string of the molecule is BrC1C=C(c2ccc3c(c2)C2(c4ccccc4-c4ccccc42)c2ccccc2-3)C=C(c2ncc3ccccn23)C1. The first-order valence-corrected chi connectivity index (χ1v) is 15.1. The smallest absolute Gasteiger partial charge is 0.140 e. The molecule has 1 unspecified atom stereocenters. The fourth-order valence-electron chi connectivity index (χ4n) is 7.55. The minimum atomic E-state index is -0.329. The summed E-state index contributed by atoms with van der Waals surface area (Å²) >= 11 is 3.95. The highest BCUT2D eigenvalue weighted by molar-refractivity contribution is 9.09. The van der Waals surface area contributed by atoms with E-state index in [1.807, 2.05) is 6.20 Å². The van der Waals surface area contributed by atoms with E-state index in [1.54, 1.807) is 0 Å². The molecule has 0 bridgehead atoms. The van der Waals surface area contributed by atoms with Gasteiger partial charge in [-0.1, -0.05) is 113 Å². The first kappa shape index (κ1) is 23.3. The second-order valence-electron chi connectivity index (χ2n) is 11.2. The molecule has 1 atom stereocenters. The van der Waals surface area contributed by atoms with Crippen LogP contribution in [-0.2, 0) is 5.41 Å². The van der Waals surface area contributed by atoms with E-state index in [4.69, 9.17) is 4.98 Å². The standard InChI is InChI=1S/C38H25BrN2/c39-27-20-25(19-26(21-27)37-40-23-28-9-7-8-18-41(28)37)24-16-17-32-31-12-3-6-15-35(31)38(36(32)22-24)33-13-4-1-10-29(33)30-11-2-5-14-34(30)38/h1-20,22-23,27H,21H2. The van der Waals surface area contributed by atoms with E-state index in [-0.39, 0.29) is 10.2 Å². The second kappa shape index (κ2) is 8.52. The van der Waals surface area contributed by atoms with Gasteiger partial charge in [0.25, 0.3) is 0 Å². The maximum Gasteiger partial charge on any atom is 0.140 e. The molecule has 0 amide bonds. The van der Waals surface area contributed by atoms with Crippen LogP contribution in [0.5, 0.6) is 0 Å². The summed E-state index contributed by atoms with van der Waals surface area (Å²) < 4.78 is 2.19. The quantitative estimate of drug-likeness (QED) is 0.184. The van der Waals surface area contributed by atoms with Crippen molar-refractivity contribution in [3.8, 4) is 22.3 Å². The molecule has 3 aliphatic rings. The maximum atomic E-state index is 4.82. The molecule has 41 heavy (non-hydrogen) atoms. The molecule has 2 aromatic heterocycles. The lowest BCUT2D eigenvalue weighted by atomic mass is 9.70. The van der Waals surface area contributed by atoms with Crippen LogP contribution in [0.25, 0.3) is 38.9 Å². The lowest BCUT2D eigenvalue weighted by molar-refractivity contribution is 0.793. The lowest BCUT2D eigenvalue weighted by Gasteiger charge is -2.31. The van der Waals surface area contributed by atoms with Crippen LogP contribution in [0.4, 0.5) is 0 Å². The Morgan fingerprint density at radius 3 is 1.98 bits per heavy atom. The van der Waals surface area contributed by atoms with E-state index in [0.29, 0.717) is 0 Å². The molecular weight excluding hydrogens is 564 g/mol. The zero-order valence-electron chi connectivity index (χ0n) is 22.3. The van der Waals surface area contributed by atoms with Crippen molar-refractivity contribution in [1.82, 2.24) is 9.38 Å². The van der Waals surface area contributed by atoms with Gasteiger partial charge in [-0.05, 0) is 91.9 Å². The van der Waals surface area contributed by atoms with Gasteiger partial charge >= 0.3 is 0 Å². The van der Waals surface area contributed by atoms with Gasteiger partial charge in [-0.3, -0.25) is 0 Å². The fraction of sp³-hybridized carbons (Fsp3) is 0.0789. The molecule has 0 saturated heterocycles. The van der Waals surface area contributed by atoms with Crippen molar-refractivity contribution in [3.63, 3.8) is 0 Å². The average Bonchev–Trinajstić information content (AvgIpc) is 3.68. The number of alkyl halides is 1. The van der Waals surface area contributed by atoms with Gasteiger partial charge in [0, 0.05) is 11.0 Å². The molecule has 3 heteroatoms. The molecule has 1 spiro atoms. The van der Waals surface area contributed by atoms with Crippen LogP contribution < -0.4 is 0 Å². The van der Waals surface area contributed by atoms with Gasteiger partial charge < -0.3 is 4.40 Å². The van der Waals surface area contributed by atoms with Crippen LogP contribution >= 0.6 is 15.9 Å². The van der Waals surface area contributed by atoms with E-state index < -0.39 is 0 Å². The van der Waals surface area contributed by atoms with Crippen molar-refractivity contribution in [2.45, 2.75) is 16.7 Å². The van der Waals surface area contributed by atoms with E-state index in [0.717, 1.165) is 17.8 Å². The highest BCUT2D eigenvalue weighted by Gasteiger charge is 2.51. The third-order valence-corrected chi connectivity index (χ3v) is 9.75. The second-order valence-corrected chi connectivity index (χ2v) is 12.4. The summed E-state index contributed by atoms with van der Waals surface area (Å²) in [5.74, 6) is 1.01. The summed E-state index contributed by atoms with van der Waals surface area (Å²) in [6.07, 6.45) is 9.66. The summed E-state index contributed by atoms with van der Waals surface area (Å²) in [4.78, 5) is 5.06. The Bertz CT molecular complexity index is 2050. The molecule has 0 radical (unpaired) electrons. The summed E-state index contributed by atoms with van der Waals surface area (Å²) in [6, 6.07) is 40.3. The van der Waals surface area contributed by atoms with Crippen molar-refractivity contribution >= 4 is 32.6 Å². The van der Waals surface area contributed by atoms with Gasteiger partial charge in [0.2, 0.25) is 0 Å². The molecule has 9 rings (SSSR count). The average molecular weight is 590 g/mol. The monoisotopic (exact) mass is 588 g/mol. The Morgan fingerprint density at radius 1 is 0.683 bits per heavy atom. The van der Waals surface area contributed by atoms with Crippen LogP contribution in [-0.4, -0.2) is 14.2 Å². The zero-order valence-corrected chi connectivity index (χ0v) is 23.8. The Kier molecular flexibility index (Phi) is 4.83. The topological polar surface area (TPSA) is 17.3 Å². The molecule has 0 fully saturated rings. The Balaban J connectivity index is 1.28. The molecule has 0 N–H and O–H groups in total. The van der Waals surface area contributed by atoms with Gasteiger partial charge in [-0.2, -0.15) is 0 Å². The molecule has 4 aromatic carbocycles. The third-order valence-electron chi connectivity index (χ3n) is 9.16. The number of hydrogen-bond donors (Lipinski definition) is 0. The number of hydrogen-bond acceptors (Lipinski definition) is 1. The number of allylic oxidation sites excluding steroid dienone is 4. The van der Waals surface area contributed by atoms with Gasteiger partial charge in [0.05, 0.1) is 17.1 Å². The largest absolute Gasteiger partial charge is 0.300 e. The number of nitrogens with zero attached hydrogens (tertiary/aromatic N) is 2. The lowest BCUT2D eigenvalue weighted by Crippen LogP contribution is -2.26. The number of rotatable bonds is 2. The highest BCUT2D eigenvalue weighted by atomic mass is 79.9. The van der Waals surface area contributed by atoms with E-state index in [2.05, 4.69) is 148 Å². The predicted molar refractivity (Wildman–Crippen MR) is 171 cm³/mol. The third kappa shape index (κ3) is 3.10. The van der Waals surface area contributed by atoms with Crippen LogP contribution in [0.15, 0.2) is 134 Å². The van der Waals surface area contributed by atoms with Crippen molar-refractivity contribution in [2.75, 3.05) is 0 Å². The van der Waals surface area contributed by atoms with Crippen molar-refractivity contribution in [2.24, 2.45) is 0 Å². The Morgan fingerprint density at radius 2 is 1.29 bits per heavy atom. The minimum Gasteiger partial charge on any atom is -0.300 e. The number of halogens is 1. The predicted octanol–water partition coefficient (Wildman–Crippen LogP) is 9.31. The molecule has 3 aliphatic carbocycles. The Hall–Kier alpha value is -4.47. The number of fused-ring (bicyclic) bond motifs is 11. The van der Waals surface area contributed by atoms with Crippen LogP contribution in [0.3, 0.4) is 0 Å². The fourth-order valence-corrected chi connectivity index (χ4v) is 8.18. The molecule has 2 heterocycles. The Labute approximate surface area is 247 Å². The molecule has 6 aromatic rings. The number of aromatic nitrogens is 2. The zero-order chi connectivity index (χ0) is 27.1. The van der Waals surface area contributed by atoms with Crippen molar-refractivity contribution in [1.29, 1.82) is 0 Å². The summed E-state index contributed by atoms with van der Waals surface area (Å²) in [6.45, 7) is 0. The number of imidazole rings is 1. The highest BCUT2D eigenvalue weighted by Crippen LogP contribution is 2.62. The molecule has 194 valence electrons. The molecular formula is C38H25BrN2. The van der Waals surface area contributed by atoms with Gasteiger partial charge in [0.1, 0.15) is 5.82 Å². The first-order valence-electron chi connectivity index (χ1n) is 14.2. The van der Waals surface area contributed by atoms with Crippen molar-refractivity contribution < 1.29 is 0 Å². The van der Waals surface area contributed by atoms with Crippen LogP contribution in [0.1, 0.15) is 40.1 Å². The van der Waals surface area contributed by atoms with Gasteiger partial charge in [0.15, 0.2) is 0 Å². The molecule has 0 saturated carbocycles. The summed E-state index contributed by atoms with van der Waals surface area (Å²) in [5.41, 5.74) is 15.3. The molecule has 2 nitrogen and oxygen atoms in total. The first-order chi connectivity index (χ1) is 20.2. The minimum absolute atomic E-state index is 0.237. The normalized spacial score (nSPS) is 17.5. The maximum absolute atomic E-state index is 4.82. The molecule has 0 aliphatic heterocycles. The number of pyridine rings is 1. The van der Waals surface area contributed by atoms with Crippen LogP contribution in [0, 0.1) is 0 Å². The van der Waals surface area contributed by atoms with E-state index in [9.17, 15) is 0 Å². The summed E-state index contributed by atoms with van der Waals surface area (Å²) in [7, 11) is 0. The van der Waals surface area contributed by atoms with E-state index >= 15 is 0 Å². The van der Waals surface area contributed by atoms with Crippen LogP contribution in [0.2, 0.25) is 0 Å². The van der Waals surface area contributed by atoms with Gasteiger partial charge in [-0.25, -0.2) is 4.98 Å². The summed E-state index contributed by atoms with van der Waals surface area (Å²) in [5, 5.41) is 0.